The molecule has 1 saturated heterocycles. The summed E-state index contributed by atoms with van der Waals surface area (Å²) < 4.78 is 0. The average Bonchev–Trinajstić information content (AvgIpc) is 2.81. The van der Waals surface area contributed by atoms with Crippen LogP contribution in [0.4, 0.5) is 5.82 Å². The zero-order valence-electron chi connectivity index (χ0n) is 10.5. The number of aliphatic hydroxyl groups is 1. The van der Waals surface area contributed by atoms with Crippen molar-refractivity contribution in [2.45, 2.75) is 32.2 Å². The number of rotatable bonds is 2. The normalized spacial score (nSPS) is 20.6. The minimum Gasteiger partial charge on any atom is -0.394 e. The molecule has 0 amide bonds. The summed E-state index contributed by atoms with van der Waals surface area (Å²) in [5.74, 6) is 0.998. The lowest BCUT2D eigenvalue weighted by Gasteiger charge is -2.35. The number of thiophene rings is 1. The Labute approximate surface area is 110 Å². The number of aliphatic hydroxyl groups excluding tert-OH is 1. The van der Waals surface area contributed by atoms with E-state index in [-0.39, 0.29) is 12.6 Å². The lowest BCUT2D eigenvalue weighted by atomic mass is 10.0. The highest BCUT2D eigenvalue weighted by atomic mass is 32.1. The predicted molar refractivity (Wildman–Crippen MR) is 74.2 cm³/mol. The Morgan fingerprint density at radius 2 is 2.33 bits per heavy atom. The van der Waals surface area contributed by atoms with Gasteiger partial charge in [-0.15, -0.1) is 11.3 Å². The zero-order valence-corrected chi connectivity index (χ0v) is 11.3. The van der Waals surface area contributed by atoms with Crippen molar-refractivity contribution in [2.75, 3.05) is 18.1 Å². The van der Waals surface area contributed by atoms with Gasteiger partial charge in [-0.25, -0.2) is 9.97 Å². The molecule has 1 atom stereocenters. The van der Waals surface area contributed by atoms with E-state index in [1.807, 2.05) is 0 Å². The molecule has 1 unspecified atom stereocenters. The Kier molecular flexibility index (Phi) is 3.18. The van der Waals surface area contributed by atoms with Gasteiger partial charge in [-0.05, 0) is 37.1 Å². The van der Waals surface area contributed by atoms with Crippen LogP contribution in [-0.4, -0.2) is 34.3 Å². The van der Waals surface area contributed by atoms with Gasteiger partial charge in [-0.2, -0.15) is 0 Å². The molecule has 1 aliphatic heterocycles. The zero-order chi connectivity index (χ0) is 12.5. The molecule has 96 valence electrons. The van der Waals surface area contributed by atoms with Gasteiger partial charge in [0.15, 0.2) is 0 Å². The Hall–Kier alpha value is -1.20. The monoisotopic (exact) mass is 263 g/mol. The van der Waals surface area contributed by atoms with Gasteiger partial charge in [0.25, 0.3) is 0 Å². The van der Waals surface area contributed by atoms with Gasteiger partial charge in [0.2, 0.25) is 0 Å². The van der Waals surface area contributed by atoms with E-state index in [1.54, 1.807) is 17.7 Å². The van der Waals surface area contributed by atoms with Crippen LogP contribution in [0.15, 0.2) is 11.7 Å². The van der Waals surface area contributed by atoms with Crippen LogP contribution >= 0.6 is 11.3 Å². The van der Waals surface area contributed by atoms with Gasteiger partial charge in [-0.1, -0.05) is 0 Å². The van der Waals surface area contributed by atoms with E-state index >= 15 is 0 Å². The third-order valence-corrected chi connectivity index (χ3v) is 4.65. The number of nitrogens with zero attached hydrogens (tertiary/aromatic N) is 3. The summed E-state index contributed by atoms with van der Waals surface area (Å²) in [6.07, 6.45) is 5.05. The molecule has 0 radical (unpaired) electrons. The fourth-order valence-electron chi connectivity index (χ4n) is 2.69. The number of aryl methyl sites for hydroxylation is 1. The van der Waals surface area contributed by atoms with E-state index in [2.05, 4.69) is 27.2 Å². The second kappa shape index (κ2) is 4.82. The van der Waals surface area contributed by atoms with Crippen LogP contribution in [0.25, 0.3) is 10.2 Å². The second-order valence-corrected chi connectivity index (χ2v) is 5.68. The first-order valence-electron chi connectivity index (χ1n) is 6.37. The van der Waals surface area contributed by atoms with Crippen molar-refractivity contribution in [3.63, 3.8) is 0 Å². The second-order valence-electron chi connectivity index (χ2n) is 4.82. The lowest BCUT2D eigenvalue weighted by molar-refractivity contribution is 0.239. The third kappa shape index (κ3) is 1.87. The van der Waals surface area contributed by atoms with Crippen molar-refractivity contribution < 1.29 is 5.11 Å². The maximum Gasteiger partial charge on any atom is 0.141 e. The van der Waals surface area contributed by atoms with E-state index in [1.165, 1.54) is 18.4 Å². The molecule has 2 aromatic rings. The molecular weight excluding hydrogens is 246 g/mol. The van der Waals surface area contributed by atoms with Crippen molar-refractivity contribution in [1.82, 2.24) is 9.97 Å². The number of anilines is 1. The highest BCUT2D eigenvalue weighted by molar-refractivity contribution is 7.17. The lowest BCUT2D eigenvalue weighted by Crippen LogP contribution is -2.42. The fraction of sp³-hybridized carbons (Fsp3) is 0.538. The van der Waals surface area contributed by atoms with Crippen LogP contribution < -0.4 is 4.90 Å². The predicted octanol–water partition coefficient (Wildman–Crippen LogP) is 2.35. The molecule has 1 aliphatic rings. The Morgan fingerprint density at radius 1 is 1.44 bits per heavy atom. The molecule has 0 aromatic carbocycles. The largest absolute Gasteiger partial charge is 0.394 e. The fourth-order valence-corrected chi connectivity index (χ4v) is 3.57. The summed E-state index contributed by atoms with van der Waals surface area (Å²) in [6, 6.07) is 0.205. The third-order valence-electron chi connectivity index (χ3n) is 3.64. The SMILES string of the molecule is Cc1csc2ncnc(N3CCCCC3CO)c12. The summed E-state index contributed by atoms with van der Waals surface area (Å²) in [5, 5.41) is 12.8. The molecule has 1 N–H and O–H groups in total. The van der Waals surface area contributed by atoms with Crippen molar-refractivity contribution >= 4 is 27.4 Å². The van der Waals surface area contributed by atoms with E-state index in [0.717, 1.165) is 29.0 Å². The van der Waals surface area contributed by atoms with Crippen molar-refractivity contribution in [2.24, 2.45) is 0 Å². The molecule has 1 fully saturated rings. The van der Waals surface area contributed by atoms with E-state index in [0.29, 0.717) is 0 Å². The molecule has 3 heterocycles. The molecule has 3 rings (SSSR count). The molecule has 2 aromatic heterocycles. The van der Waals surface area contributed by atoms with Crippen LogP contribution in [0.5, 0.6) is 0 Å². The minimum absolute atomic E-state index is 0.203. The topological polar surface area (TPSA) is 49.2 Å². The van der Waals surface area contributed by atoms with E-state index < -0.39 is 0 Å². The Morgan fingerprint density at radius 3 is 3.17 bits per heavy atom. The molecule has 0 spiro atoms. The van der Waals surface area contributed by atoms with Crippen LogP contribution in [0, 0.1) is 6.92 Å². The molecule has 4 nitrogen and oxygen atoms in total. The first-order chi connectivity index (χ1) is 8.81. The Bertz CT molecular complexity index is 554. The standard InChI is InChI=1S/C13H17N3OS/c1-9-7-18-13-11(9)12(14-8-15-13)16-5-3-2-4-10(16)6-17/h7-8,10,17H,2-6H2,1H3. The first-order valence-corrected chi connectivity index (χ1v) is 7.25. The van der Waals surface area contributed by atoms with Crippen LogP contribution in [0.1, 0.15) is 24.8 Å². The van der Waals surface area contributed by atoms with Crippen LogP contribution in [0.2, 0.25) is 0 Å². The number of aromatic nitrogens is 2. The number of fused-ring (bicyclic) bond motifs is 1. The average molecular weight is 263 g/mol. The summed E-state index contributed by atoms with van der Waals surface area (Å²) >= 11 is 1.66. The van der Waals surface area contributed by atoms with Crippen LogP contribution in [-0.2, 0) is 0 Å². The van der Waals surface area contributed by atoms with Gasteiger partial charge in [0, 0.05) is 6.54 Å². The summed E-state index contributed by atoms with van der Waals surface area (Å²) in [5.41, 5.74) is 1.23. The number of piperidine rings is 1. The number of hydrogen-bond acceptors (Lipinski definition) is 5. The highest BCUT2D eigenvalue weighted by Crippen LogP contribution is 2.33. The van der Waals surface area contributed by atoms with Gasteiger partial charge in [0.1, 0.15) is 17.0 Å². The van der Waals surface area contributed by atoms with E-state index in [4.69, 9.17) is 0 Å². The smallest absolute Gasteiger partial charge is 0.141 e. The summed E-state index contributed by atoms with van der Waals surface area (Å²) in [6.45, 7) is 3.28. The highest BCUT2D eigenvalue weighted by Gasteiger charge is 2.25. The molecule has 18 heavy (non-hydrogen) atoms. The quantitative estimate of drug-likeness (QED) is 0.903. The molecular formula is C13H17N3OS. The summed E-state index contributed by atoms with van der Waals surface area (Å²) in [4.78, 5) is 12.1. The number of hydrogen-bond donors (Lipinski definition) is 1. The first kappa shape index (κ1) is 11.9. The Balaban J connectivity index is 2.09. The van der Waals surface area contributed by atoms with Crippen molar-refractivity contribution in [3.05, 3.63) is 17.3 Å². The van der Waals surface area contributed by atoms with Gasteiger partial charge in [0.05, 0.1) is 18.0 Å². The van der Waals surface area contributed by atoms with Crippen molar-refractivity contribution in [1.29, 1.82) is 0 Å². The van der Waals surface area contributed by atoms with Crippen LogP contribution in [0.3, 0.4) is 0 Å². The molecule has 0 bridgehead atoms. The van der Waals surface area contributed by atoms with Gasteiger partial charge < -0.3 is 10.0 Å². The summed E-state index contributed by atoms with van der Waals surface area (Å²) in [7, 11) is 0. The maximum absolute atomic E-state index is 9.53. The maximum atomic E-state index is 9.53. The minimum atomic E-state index is 0.203. The van der Waals surface area contributed by atoms with Gasteiger partial charge in [-0.3, -0.25) is 0 Å². The van der Waals surface area contributed by atoms with Gasteiger partial charge >= 0.3 is 0 Å². The van der Waals surface area contributed by atoms with E-state index in [9.17, 15) is 5.11 Å². The molecule has 0 saturated carbocycles. The van der Waals surface area contributed by atoms with Crippen molar-refractivity contribution in [3.8, 4) is 0 Å². The molecule has 5 heteroatoms. The molecule has 0 aliphatic carbocycles.